The maximum absolute atomic E-state index is 4.56. The van der Waals surface area contributed by atoms with Gasteiger partial charge in [-0.3, -0.25) is 0 Å². The van der Waals surface area contributed by atoms with Crippen LogP contribution in [0.4, 0.5) is 0 Å². The first-order valence-electron chi connectivity index (χ1n) is 7.13. The van der Waals surface area contributed by atoms with Crippen LogP contribution in [0.5, 0.6) is 0 Å². The topological polar surface area (TPSA) is 24.9 Å². The standard InChI is InChI=1S/C17H22N2S/c1-4-10-18-14(3)15-8-9-17(19-12-15)20-16-7-5-6-13(2)11-16/h5-9,11-12,14,18H,4,10H2,1-3H3. The SMILES string of the molecule is CCCNC(C)c1ccc(Sc2cccc(C)c2)nc1. The Kier molecular flexibility index (Phi) is 5.62. The summed E-state index contributed by atoms with van der Waals surface area (Å²) in [6.45, 7) is 7.52. The van der Waals surface area contributed by atoms with Gasteiger partial charge in [0.05, 0.1) is 0 Å². The van der Waals surface area contributed by atoms with E-state index in [4.69, 9.17) is 0 Å². The highest BCUT2D eigenvalue weighted by atomic mass is 32.2. The lowest BCUT2D eigenvalue weighted by atomic mass is 10.1. The van der Waals surface area contributed by atoms with Crippen molar-refractivity contribution >= 4 is 11.8 Å². The number of hydrogen-bond donors (Lipinski definition) is 1. The molecule has 2 rings (SSSR count). The lowest BCUT2D eigenvalue weighted by Gasteiger charge is -2.13. The van der Waals surface area contributed by atoms with Gasteiger partial charge in [0.2, 0.25) is 0 Å². The second-order valence-electron chi connectivity index (χ2n) is 5.02. The number of aryl methyl sites for hydroxylation is 1. The zero-order valence-electron chi connectivity index (χ0n) is 12.4. The highest BCUT2D eigenvalue weighted by molar-refractivity contribution is 7.99. The highest BCUT2D eigenvalue weighted by Crippen LogP contribution is 2.27. The molecular formula is C17H22N2S. The molecule has 0 fully saturated rings. The third-order valence-corrected chi connectivity index (χ3v) is 4.11. The maximum atomic E-state index is 4.56. The van der Waals surface area contributed by atoms with Crippen LogP contribution in [0.2, 0.25) is 0 Å². The van der Waals surface area contributed by atoms with Crippen LogP contribution in [-0.4, -0.2) is 11.5 Å². The average molecular weight is 286 g/mol. The fraction of sp³-hybridized carbons (Fsp3) is 0.353. The van der Waals surface area contributed by atoms with Gasteiger partial charge in [0.1, 0.15) is 5.03 Å². The van der Waals surface area contributed by atoms with Crippen molar-refractivity contribution in [3.05, 3.63) is 53.7 Å². The number of nitrogens with zero attached hydrogens (tertiary/aromatic N) is 1. The van der Waals surface area contributed by atoms with Crippen LogP contribution in [0.25, 0.3) is 0 Å². The first-order valence-corrected chi connectivity index (χ1v) is 7.94. The molecule has 0 aliphatic heterocycles. The number of pyridine rings is 1. The first-order chi connectivity index (χ1) is 9.69. The quantitative estimate of drug-likeness (QED) is 0.840. The molecule has 106 valence electrons. The lowest BCUT2D eigenvalue weighted by Crippen LogP contribution is -2.19. The lowest BCUT2D eigenvalue weighted by molar-refractivity contribution is 0.568. The fourth-order valence-corrected chi connectivity index (χ4v) is 2.86. The highest BCUT2D eigenvalue weighted by Gasteiger charge is 2.05. The Hall–Kier alpha value is -1.32. The van der Waals surface area contributed by atoms with E-state index in [1.807, 2.05) is 6.20 Å². The molecule has 0 radical (unpaired) electrons. The molecule has 0 spiro atoms. The zero-order valence-corrected chi connectivity index (χ0v) is 13.2. The molecule has 0 aliphatic carbocycles. The molecule has 0 bridgehead atoms. The summed E-state index contributed by atoms with van der Waals surface area (Å²) in [4.78, 5) is 5.79. The summed E-state index contributed by atoms with van der Waals surface area (Å²) in [7, 11) is 0. The molecule has 1 atom stereocenters. The van der Waals surface area contributed by atoms with Crippen molar-refractivity contribution in [1.82, 2.24) is 10.3 Å². The van der Waals surface area contributed by atoms with E-state index < -0.39 is 0 Å². The van der Waals surface area contributed by atoms with Crippen LogP contribution >= 0.6 is 11.8 Å². The Labute approximate surface area is 126 Å². The van der Waals surface area contributed by atoms with Gasteiger partial charge < -0.3 is 5.32 Å². The predicted octanol–water partition coefficient (Wildman–Crippen LogP) is 4.60. The molecule has 2 nitrogen and oxygen atoms in total. The molecule has 1 aromatic heterocycles. The van der Waals surface area contributed by atoms with Crippen LogP contribution < -0.4 is 5.32 Å². The minimum atomic E-state index is 0.362. The predicted molar refractivity (Wildman–Crippen MR) is 86.2 cm³/mol. The fourth-order valence-electron chi connectivity index (χ4n) is 1.99. The molecule has 3 heteroatoms. The van der Waals surface area contributed by atoms with Gasteiger partial charge in [0.25, 0.3) is 0 Å². The zero-order chi connectivity index (χ0) is 14.4. The van der Waals surface area contributed by atoms with Gasteiger partial charge >= 0.3 is 0 Å². The van der Waals surface area contributed by atoms with Gasteiger partial charge in [0, 0.05) is 17.1 Å². The van der Waals surface area contributed by atoms with Crippen molar-refractivity contribution in [1.29, 1.82) is 0 Å². The van der Waals surface area contributed by atoms with Gasteiger partial charge in [-0.1, -0.05) is 42.4 Å². The third kappa shape index (κ3) is 4.36. The summed E-state index contributed by atoms with van der Waals surface area (Å²) >= 11 is 1.71. The van der Waals surface area contributed by atoms with Gasteiger partial charge in [-0.2, -0.15) is 0 Å². The molecule has 1 aromatic carbocycles. The Bertz CT molecular complexity index is 537. The molecule has 0 aliphatic rings. The summed E-state index contributed by atoms with van der Waals surface area (Å²) in [6.07, 6.45) is 3.13. The summed E-state index contributed by atoms with van der Waals surface area (Å²) in [5.74, 6) is 0. The van der Waals surface area contributed by atoms with Gasteiger partial charge in [-0.05, 0) is 50.6 Å². The van der Waals surface area contributed by atoms with E-state index in [1.165, 1.54) is 16.0 Å². The van der Waals surface area contributed by atoms with E-state index in [0.717, 1.165) is 18.0 Å². The van der Waals surface area contributed by atoms with Gasteiger partial charge in [-0.15, -0.1) is 0 Å². The van der Waals surface area contributed by atoms with Crippen LogP contribution in [0.3, 0.4) is 0 Å². The molecule has 0 saturated heterocycles. The molecule has 0 amide bonds. The van der Waals surface area contributed by atoms with Gasteiger partial charge in [0.15, 0.2) is 0 Å². The van der Waals surface area contributed by atoms with E-state index in [1.54, 1.807) is 11.8 Å². The van der Waals surface area contributed by atoms with Crippen molar-refractivity contribution in [3.8, 4) is 0 Å². The summed E-state index contributed by atoms with van der Waals surface area (Å²) in [6, 6.07) is 13.1. The van der Waals surface area contributed by atoms with Crippen LogP contribution in [0.15, 0.2) is 52.5 Å². The van der Waals surface area contributed by atoms with E-state index in [2.05, 4.69) is 67.5 Å². The maximum Gasteiger partial charge on any atom is 0.101 e. The molecule has 1 N–H and O–H groups in total. The van der Waals surface area contributed by atoms with Crippen LogP contribution in [0, 0.1) is 6.92 Å². The summed E-state index contributed by atoms with van der Waals surface area (Å²) in [5.41, 5.74) is 2.52. The minimum Gasteiger partial charge on any atom is -0.310 e. The smallest absolute Gasteiger partial charge is 0.101 e. The number of nitrogens with one attached hydrogen (secondary N) is 1. The Morgan fingerprint density at radius 2 is 2.10 bits per heavy atom. The van der Waals surface area contributed by atoms with Crippen LogP contribution in [-0.2, 0) is 0 Å². The Morgan fingerprint density at radius 1 is 1.25 bits per heavy atom. The number of hydrogen-bond acceptors (Lipinski definition) is 3. The van der Waals surface area contributed by atoms with E-state index in [9.17, 15) is 0 Å². The van der Waals surface area contributed by atoms with Crippen molar-refractivity contribution in [2.45, 2.75) is 43.2 Å². The monoisotopic (exact) mass is 286 g/mol. The number of benzene rings is 1. The number of aromatic nitrogens is 1. The second kappa shape index (κ2) is 7.46. The van der Waals surface area contributed by atoms with Gasteiger partial charge in [-0.25, -0.2) is 4.98 Å². The first kappa shape index (κ1) is 15.1. The normalized spacial score (nSPS) is 12.3. The molecule has 2 aromatic rings. The van der Waals surface area contributed by atoms with Crippen LogP contribution in [0.1, 0.15) is 37.4 Å². The van der Waals surface area contributed by atoms with Crippen molar-refractivity contribution in [3.63, 3.8) is 0 Å². The third-order valence-electron chi connectivity index (χ3n) is 3.17. The molecule has 1 heterocycles. The van der Waals surface area contributed by atoms with E-state index >= 15 is 0 Å². The molecular weight excluding hydrogens is 264 g/mol. The largest absolute Gasteiger partial charge is 0.310 e. The van der Waals surface area contributed by atoms with Crippen molar-refractivity contribution in [2.75, 3.05) is 6.54 Å². The molecule has 0 saturated carbocycles. The molecule has 20 heavy (non-hydrogen) atoms. The van der Waals surface area contributed by atoms with E-state index in [0.29, 0.717) is 6.04 Å². The Morgan fingerprint density at radius 3 is 2.75 bits per heavy atom. The second-order valence-corrected chi connectivity index (χ2v) is 6.12. The summed E-state index contributed by atoms with van der Waals surface area (Å²) < 4.78 is 0. The summed E-state index contributed by atoms with van der Waals surface area (Å²) in [5, 5.41) is 4.52. The van der Waals surface area contributed by atoms with E-state index in [-0.39, 0.29) is 0 Å². The number of rotatable bonds is 6. The Balaban J connectivity index is 2.01. The van der Waals surface area contributed by atoms with Crippen molar-refractivity contribution < 1.29 is 0 Å². The minimum absolute atomic E-state index is 0.362. The van der Waals surface area contributed by atoms with Crippen molar-refractivity contribution in [2.24, 2.45) is 0 Å². The molecule has 1 unspecified atom stereocenters. The average Bonchev–Trinajstić information content (AvgIpc) is 2.45.